The molecule has 0 aliphatic heterocycles. The van der Waals surface area contributed by atoms with E-state index in [4.69, 9.17) is 14.9 Å². The maximum atomic E-state index is 12.6. The van der Waals surface area contributed by atoms with Gasteiger partial charge in [-0.2, -0.15) is 18.2 Å². The van der Waals surface area contributed by atoms with E-state index in [1.54, 1.807) is 0 Å². The highest BCUT2D eigenvalue weighted by molar-refractivity contribution is 5.35. The van der Waals surface area contributed by atoms with Gasteiger partial charge in [-0.3, -0.25) is 0 Å². The van der Waals surface area contributed by atoms with Crippen LogP contribution in [0, 0.1) is 0 Å². The lowest BCUT2D eigenvalue weighted by Crippen LogP contribution is -2.08. The van der Waals surface area contributed by atoms with Crippen LogP contribution in [0.2, 0.25) is 0 Å². The number of halogens is 3. The van der Waals surface area contributed by atoms with Gasteiger partial charge in [0.05, 0.1) is 5.56 Å². The molecular formula is C11H9F3N2O2. The van der Waals surface area contributed by atoms with E-state index in [-0.39, 0.29) is 24.1 Å². The molecule has 0 radical (unpaired) electrons. The van der Waals surface area contributed by atoms with Gasteiger partial charge in [0.25, 0.3) is 0 Å². The molecule has 18 heavy (non-hydrogen) atoms. The summed E-state index contributed by atoms with van der Waals surface area (Å²) in [6.45, 7) is -0.218. The molecule has 0 saturated heterocycles. The van der Waals surface area contributed by atoms with E-state index in [0.717, 1.165) is 6.07 Å². The lowest BCUT2D eigenvalue weighted by molar-refractivity contribution is -0.139. The normalized spacial score (nSPS) is 11.5. The van der Waals surface area contributed by atoms with E-state index in [9.17, 15) is 13.2 Å². The number of nitrogens with zero attached hydrogens (tertiary/aromatic N) is 1. The quantitative estimate of drug-likeness (QED) is 0.919. The van der Waals surface area contributed by atoms with Gasteiger partial charge in [0.15, 0.2) is 12.4 Å². The summed E-state index contributed by atoms with van der Waals surface area (Å²) >= 11 is 0. The van der Waals surface area contributed by atoms with Crippen LogP contribution < -0.4 is 10.5 Å². The Morgan fingerprint density at radius 2 is 2.00 bits per heavy atom. The second-order valence-corrected chi connectivity index (χ2v) is 3.45. The topological polar surface area (TPSA) is 61.3 Å². The van der Waals surface area contributed by atoms with Gasteiger partial charge in [0.2, 0.25) is 5.89 Å². The van der Waals surface area contributed by atoms with Gasteiger partial charge in [0, 0.05) is 0 Å². The Morgan fingerprint density at radius 1 is 1.28 bits per heavy atom. The highest BCUT2D eigenvalue weighted by atomic mass is 19.4. The largest absolute Gasteiger partial charge is 0.483 e. The third-order valence-corrected chi connectivity index (χ3v) is 2.11. The van der Waals surface area contributed by atoms with Gasteiger partial charge in [-0.1, -0.05) is 12.1 Å². The first kappa shape index (κ1) is 12.3. The Morgan fingerprint density at radius 3 is 2.61 bits per heavy atom. The first-order valence-electron chi connectivity index (χ1n) is 4.96. The zero-order valence-corrected chi connectivity index (χ0v) is 9.07. The van der Waals surface area contributed by atoms with Crippen molar-refractivity contribution in [3.63, 3.8) is 0 Å². The van der Waals surface area contributed by atoms with E-state index in [1.807, 2.05) is 0 Å². The molecule has 0 amide bonds. The van der Waals surface area contributed by atoms with Crippen LogP contribution in [0.15, 0.2) is 34.9 Å². The van der Waals surface area contributed by atoms with Crippen molar-refractivity contribution in [2.75, 3.05) is 5.73 Å². The zero-order chi connectivity index (χ0) is 13.2. The van der Waals surface area contributed by atoms with Crippen LogP contribution in [0.4, 0.5) is 19.0 Å². The van der Waals surface area contributed by atoms with Crippen molar-refractivity contribution in [3.8, 4) is 5.75 Å². The fraction of sp³-hybridized carbons (Fsp3) is 0.182. The minimum atomic E-state index is -4.47. The van der Waals surface area contributed by atoms with Crippen molar-refractivity contribution in [1.29, 1.82) is 0 Å². The van der Waals surface area contributed by atoms with Crippen molar-refractivity contribution in [3.05, 3.63) is 42.0 Å². The molecule has 7 heteroatoms. The van der Waals surface area contributed by atoms with E-state index in [2.05, 4.69) is 4.98 Å². The molecule has 0 atom stereocenters. The van der Waals surface area contributed by atoms with E-state index < -0.39 is 11.7 Å². The second kappa shape index (κ2) is 4.59. The third kappa shape index (κ3) is 2.73. The number of oxazole rings is 1. The molecule has 0 spiro atoms. The number of rotatable bonds is 3. The van der Waals surface area contributed by atoms with Crippen molar-refractivity contribution < 1.29 is 22.3 Å². The summed E-state index contributed by atoms with van der Waals surface area (Å²) in [6, 6.07) is 4.92. The van der Waals surface area contributed by atoms with Gasteiger partial charge >= 0.3 is 6.18 Å². The second-order valence-electron chi connectivity index (χ2n) is 3.45. The average Bonchev–Trinajstić information content (AvgIpc) is 2.72. The van der Waals surface area contributed by atoms with Crippen LogP contribution in [0.5, 0.6) is 5.75 Å². The SMILES string of the molecule is Nc1coc(COc2ccccc2C(F)(F)F)n1. The molecule has 0 unspecified atom stereocenters. The smallest absolute Gasteiger partial charge is 0.419 e. The molecule has 0 fully saturated rings. The monoisotopic (exact) mass is 258 g/mol. The maximum Gasteiger partial charge on any atom is 0.419 e. The summed E-state index contributed by atoms with van der Waals surface area (Å²) in [5.41, 5.74) is 4.46. The first-order chi connectivity index (χ1) is 8.47. The molecule has 1 aromatic carbocycles. The highest BCUT2D eigenvalue weighted by Crippen LogP contribution is 2.36. The Kier molecular flexibility index (Phi) is 3.14. The molecule has 1 aromatic heterocycles. The van der Waals surface area contributed by atoms with Crippen molar-refractivity contribution in [2.24, 2.45) is 0 Å². The summed E-state index contributed by atoms with van der Waals surface area (Å²) in [5, 5.41) is 0. The minimum absolute atomic E-state index is 0.115. The van der Waals surface area contributed by atoms with Crippen LogP contribution in [0.1, 0.15) is 11.5 Å². The fourth-order valence-electron chi connectivity index (χ4n) is 1.36. The molecule has 1 heterocycles. The molecule has 2 aromatic rings. The summed E-state index contributed by atoms with van der Waals surface area (Å²) in [7, 11) is 0. The Bertz CT molecular complexity index is 537. The molecule has 96 valence electrons. The first-order valence-corrected chi connectivity index (χ1v) is 4.96. The number of benzene rings is 1. The number of anilines is 1. The van der Waals surface area contributed by atoms with Crippen molar-refractivity contribution >= 4 is 5.82 Å². The van der Waals surface area contributed by atoms with Gasteiger partial charge in [-0.25, -0.2) is 0 Å². The predicted octanol–water partition coefficient (Wildman–Crippen LogP) is 2.85. The van der Waals surface area contributed by atoms with Gasteiger partial charge in [-0.15, -0.1) is 0 Å². The standard InChI is InChI=1S/C11H9F3N2O2/c12-11(13,14)7-3-1-2-4-8(7)17-6-10-16-9(15)5-18-10/h1-5H,6,15H2. The molecular weight excluding hydrogens is 249 g/mol. The van der Waals surface area contributed by atoms with Gasteiger partial charge < -0.3 is 14.9 Å². The number of hydrogen-bond acceptors (Lipinski definition) is 4. The summed E-state index contributed by atoms with van der Waals surface area (Å²) in [5.74, 6) is -0.0102. The van der Waals surface area contributed by atoms with E-state index >= 15 is 0 Å². The highest BCUT2D eigenvalue weighted by Gasteiger charge is 2.34. The Balaban J connectivity index is 2.14. The minimum Gasteiger partial charge on any atom is -0.483 e. The number of para-hydroxylation sites is 1. The lowest BCUT2D eigenvalue weighted by atomic mass is 10.2. The zero-order valence-electron chi connectivity index (χ0n) is 9.07. The molecule has 2 rings (SSSR count). The molecule has 2 N–H and O–H groups in total. The van der Waals surface area contributed by atoms with Crippen molar-refractivity contribution in [2.45, 2.75) is 12.8 Å². The number of hydrogen-bond donors (Lipinski definition) is 1. The molecule has 0 aliphatic rings. The molecule has 0 saturated carbocycles. The number of nitrogens with two attached hydrogens (primary N) is 1. The van der Waals surface area contributed by atoms with Crippen LogP contribution in [0.3, 0.4) is 0 Å². The number of nitrogen functional groups attached to an aromatic ring is 1. The van der Waals surface area contributed by atoms with Gasteiger partial charge in [-0.05, 0) is 12.1 Å². The van der Waals surface area contributed by atoms with E-state index in [1.165, 1.54) is 24.5 Å². The van der Waals surface area contributed by atoms with Crippen LogP contribution in [-0.4, -0.2) is 4.98 Å². The Hall–Kier alpha value is -2.18. The van der Waals surface area contributed by atoms with Crippen LogP contribution >= 0.6 is 0 Å². The fourth-order valence-corrected chi connectivity index (χ4v) is 1.36. The summed E-state index contributed by atoms with van der Waals surface area (Å²) in [6.07, 6.45) is -3.28. The molecule has 0 bridgehead atoms. The number of alkyl halides is 3. The summed E-state index contributed by atoms with van der Waals surface area (Å²) in [4.78, 5) is 3.72. The third-order valence-electron chi connectivity index (χ3n) is 2.11. The molecule has 0 aliphatic carbocycles. The van der Waals surface area contributed by atoms with Crippen LogP contribution in [-0.2, 0) is 12.8 Å². The number of aromatic nitrogens is 1. The molecule has 4 nitrogen and oxygen atoms in total. The number of ether oxygens (including phenoxy) is 1. The van der Waals surface area contributed by atoms with Crippen LogP contribution in [0.25, 0.3) is 0 Å². The van der Waals surface area contributed by atoms with E-state index in [0.29, 0.717) is 0 Å². The van der Waals surface area contributed by atoms with Gasteiger partial charge in [0.1, 0.15) is 12.0 Å². The van der Waals surface area contributed by atoms with Crippen molar-refractivity contribution in [1.82, 2.24) is 4.98 Å². The lowest BCUT2D eigenvalue weighted by Gasteiger charge is -2.12. The summed E-state index contributed by atoms with van der Waals surface area (Å²) < 4.78 is 47.8. The average molecular weight is 258 g/mol. The Labute approximate surface area is 100 Å². The predicted molar refractivity (Wildman–Crippen MR) is 56.7 cm³/mol. The maximum absolute atomic E-state index is 12.6.